The van der Waals surface area contributed by atoms with E-state index >= 15 is 0 Å². The molecule has 0 aliphatic heterocycles. The fourth-order valence-electron chi connectivity index (χ4n) is 1.63. The lowest BCUT2D eigenvalue weighted by atomic mass is 10.2. The Bertz CT molecular complexity index is 739. The van der Waals surface area contributed by atoms with Crippen molar-refractivity contribution in [1.82, 2.24) is 0 Å². The van der Waals surface area contributed by atoms with Gasteiger partial charge in [0.2, 0.25) is 0 Å². The molecule has 1 amide bonds. The predicted octanol–water partition coefficient (Wildman–Crippen LogP) is 4.40. The summed E-state index contributed by atoms with van der Waals surface area (Å²) in [7, 11) is 0. The van der Waals surface area contributed by atoms with E-state index in [2.05, 4.69) is 21.2 Å². The largest absolute Gasteiger partial charge is 0.319 e. The zero-order valence-electron chi connectivity index (χ0n) is 10.3. The van der Waals surface area contributed by atoms with Gasteiger partial charge >= 0.3 is 0 Å². The van der Waals surface area contributed by atoms with E-state index in [0.29, 0.717) is 0 Å². The van der Waals surface area contributed by atoms with E-state index in [4.69, 9.17) is 11.6 Å². The molecule has 2 rings (SSSR count). The first-order chi connectivity index (χ1) is 9.91. The van der Waals surface area contributed by atoms with E-state index in [9.17, 15) is 19.3 Å². The van der Waals surface area contributed by atoms with Crippen LogP contribution < -0.4 is 5.32 Å². The molecule has 8 heteroatoms. The third-order valence-corrected chi connectivity index (χ3v) is 3.74. The SMILES string of the molecule is O=C(Nc1cccc(Cl)c1F)c1cccc([N+](=O)[O-])c1Br. The molecule has 0 aromatic heterocycles. The third-order valence-electron chi connectivity index (χ3n) is 2.62. The average Bonchev–Trinajstić information content (AvgIpc) is 2.43. The molecular weight excluding hydrogens is 367 g/mol. The highest BCUT2D eigenvalue weighted by atomic mass is 79.9. The van der Waals surface area contributed by atoms with Crippen molar-refractivity contribution in [2.24, 2.45) is 0 Å². The van der Waals surface area contributed by atoms with Crippen LogP contribution in [0.2, 0.25) is 5.02 Å². The van der Waals surface area contributed by atoms with E-state index < -0.39 is 16.6 Å². The van der Waals surface area contributed by atoms with Gasteiger partial charge < -0.3 is 5.32 Å². The summed E-state index contributed by atoms with van der Waals surface area (Å²) in [6, 6.07) is 8.16. The van der Waals surface area contributed by atoms with Crippen LogP contribution in [0.25, 0.3) is 0 Å². The number of carbonyl (C=O) groups excluding carboxylic acids is 1. The molecule has 5 nitrogen and oxygen atoms in total. The Balaban J connectivity index is 2.35. The lowest BCUT2D eigenvalue weighted by Crippen LogP contribution is -2.14. The van der Waals surface area contributed by atoms with Gasteiger partial charge in [-0.15, -0.1) is 0 Å². The summed E-state index contributed by atoms with van der Waals surface area (Å²) in [6.45, 7) is 0. The lowest BCUT2D eigenvalue weighted by molar-refractivity contribution is -0.385. The summed E-state index contributed by atoms with van der Waals surface area (Å²) in [4.78, 5) is 22.3. The van der Waals surface area contributed by atoms with Gasteiger partial charge in [-0.05, 0) is 34.1 Å². The quantitative estimate of drug-likeness (QED) is 0.640. The minimum Gasteiger partial charge on any atom is -0.319 e. The Morgan fingerprint density at radius 1 is 1.29 bits per heavy atom. The summed E-state index contributed by atoms with van der Waals surface area (Å²) in [5, 5.41) is 13.0. The molecule has 2 aromatic carbocycles. The van der Waals surface area contributed by atoms with Crippen LogP contribution in [0.4, 0.5) is 15.8 Å². The van der Waals surface area contributed by atoms with Crippen LogP contribution in [0.3, 0.4) is 0 Å². The molecule has 0 atom stereocenters. The number of amides is 1. The Morgan fingerprint density at radius 2 is 1.95 bits per heavy atom. The maximum absolute atomic E-state index is 13.7. The minimum atomic E-state index is -0.769. The number of hydrogen-bond acceptors (Lipinski definition) is 3. The number of nitro groups is 1. The van der Waals surface area contributed by atoms with Crippen molar-refractivity contribution in [3.05, 3.63) is 67.4 Å². The highest BCUT2D eigenvalue weighted by Crippen LogP contribution is 2.29. The summed E-state index contributed by atoms with van der Waals surface area (Å²) >= 11 is 8.62. The fraction of sp³-hybridized carbons (Fsp3) is 0. The van der Waals surface area contributed by atoms with Gasteiger partial charge in [0.1, 0.15) is 4.47 Å². The number of nitrogens with zero attached hydrogens (tertiary/aromatic N) is 1. The first kappa shape index (κ1) is 15.4. The van der Waals surface area contributed by atoms with E-state index in [-0.39, 0.29) is 26.4 Å². The van der Waals surface area contributed by atoms with E-state index in [0.717, 1.165) is 0 Å². The van der Waals surface area contributed by atoms with Crippen molar-refractivity contribution >= 4 is 44.8 Å². The van der Waals surface area contributed by atoms with Gasteiger partial charge in [-0.1, -0.05) is 23.7 Å². The molecule has 0 saturated heterocycles. The van der Waals surface area contributed by atoms with Crippen LogP contribution in [-0.2, 0) is 0 Å². The van der Waals surface area contributed by atoms with E-state index in [1.54, 1.807) is 0 Å². The number of nitro benzene ring substituents is 1. The molecule has 2 aromatic rings. The second-order valence-corrected chi connectivity index (χ2v) is 5.15. The number of halogens is 3. The number of hydrogen-bond donors (Lipinski definition) is 1. The topological polar surface area (TPSA) is 72.2 Å². The molecule has 1 N–H and O–H groups in total. The fourth-order valence-corrected chi connectivity index (χ4v) is 2.39. The summed E-state index contributed by atoms with van der Waals surface area (Å²) in [5.74, 6) is -1.46. The molecule has 21 heavy (non-hydrogen) atoms. The van der Waals surface area contributed by atoms with Crippen LogP contribution in [0, 0.1) is 15.9 Å². The molecule has 0 radical (unpaired) electrons. The molecule has 0 unspecified atom stereocenters. The average molecular weight is 374 g/mol. The highest BCUT2D eigenvalue weighted by Gasteiger charge is 2.20. The van der Waals surface area contributed by atoms with Crippen molar-refractivity contribution in [2.75, 3.05) is 5.32 Å². The Morgan fingerprint density at radius 3 is 2.62 bits per heavy atom. The number of nitrogens with one attached hydrogen (secondary N) is 1. The molecule has 0 bridgehead atoms. The van der Waals surface area contributed by atoms with Crippen molar-refractivity contribution in [3.8, 4) is 0 Å². The van der Waals surface area contributed by atoms with Gasteiger partial charge in [-0.25, -0.2) is 4.39 Å². The summed E-state index contributed by atoms with van der Waals surface area (Å²) in [5.41, 5.74) is -0.344. The molecule has 0 aliphatic carbocycles. The predicted molar refractivity (Wildman–Crippen MR) is 80.2 cm³/mol. The third kappa shape index (κ3) is 3.20. The van der Waals surface area contributed by atoms with Gasteiger partial charge in [0.05, 0.1) is 21.2 Å². The van der Waals surface area contributed by atoms with Gasteiger partial charge in [0.15, 0.2) is 5.82 Å². The van der Waals surface area contributed by atoms with Crippen LogP contribution in [0.5, 0.6) is 0 Å². The molecule has 0 saturated carbocycles. The van der Waals surface area contributed by atoms with Crippen LogP contribution in [0.1, 0.15) is 10.4 Å². The van der Waals surface area contributed by atoms with Gasteiger partial charge in [-0.3, -0.25) is 14.9 Å². The Kier molecular flexibility index (Phi) is 4.54. The maximum Gasteiger partial charge on any atom is 0.284 e. The van der Waals surface area contributed by atoms with Gasteiger partial charge in [0, 0.05) is 6.07 Å². The number of benzene rings is 2. The highest BCUT2D eigenvalue weighted by molar-refractivity contribution is 9.10. The second-order valence-electron chi connectivity index (χ2n) is 3.95. The summed E-state index contributed by atoms with van der Waals surface area (Å²) < 4.78 is 13.7. The normalized spacial score (nSPS) is 10.2. The van der Waals surface area contributed by atoms with Gasteiger partial charge in [0.25, 0.3) is 11.6 Å². The molecule has 0 aliphatic rings. The van der Waals surface area contributed by atoms with Gasteiger partial charge in [-0.2, -0.15) is 0 Å². The Labute approximate surface area is 132 Å². The van der Waals surface area contributed by atoms with E-state index in [1.807, 2.05) is 0 Å². The molecule has 0 spiro atoms. The molecule has 0 fully saturated rings. The maximum atomic E-state index is 13.7. The van der Waals surface area contributed by atoms with Crippen LogP contribution in [-0.4, -0.2) is 10.8 Å². The van der Waals surface area contributed by atoms with Crippen molar-refractivity contribution in [3.63, 3.8) is 0 Å². The Hall–Kier alpha value is -1.99. The lowest BCUT2D eigenvalue weighted by Gasteiger charge is -2.08. The van der Waals surface area contributed by atoms with Crippen molar-refractivity contribution < 1.29 is 14.1 Å². The summed E-state index contributed by atoms with van der Waals surface area (Å²) in [6.07, 6.45) is 0. The molecular formula is C13H7BrClFN2O3. The number of rotatable bonds is 3. The second kappa shape index (κ2) is 6.19. The number of carbonyl (C=O) groups is 1. The monoisotopic (exact) mass is 372 g/mol. The smallest absolute Gasteiger partial charge is 0.284 e. The van der Waals surface area contributed by atoms with Crippen LogP contribution in [0.15, 0.2) is 40.9 Å². The number of anilines is 1. The minimum absolute atomic E-state index is 0.0172. The zero-order valence-corrected chi connectivity index (χ0v) is 12.6. The standard InChI is InChI=1S/C13H7BrClFN2O3/c14-11-7(3-1-6-10(11)18(20)21)13(19)17-9-5-2-4-8(15)12(9)16/h1-6H,(H,17,19). The molecule has 108 valence electrons. The van der Waals surface area contributed by atoms with Crippen molar-refractivity contribution in [1.29, 1.82) is 0 Å². The van der Waals surface area contributed by atoms with Crippen LogP contribution >= 0.6 is 27.5 Å². The van der Waals surface area contributed by atoms with Crippen molar-refractivity contribution in [2.45, 2.75) is 0 Å². The molecule has 0 heterocycles. The van der Waals surface area contributed by atoms with E-state index in [1.165, 1.54) is 36.4 Å². The first-order valence-electron chi connectivity index (χ1n) is 5.60. The zero-order chi connectivity index (χ0) is 15.6. The first-order valence-corrected chi connectivity index (χ1v) is 6.77.